The van der Waals surface area contributed by atoms with Crippen LogP contribution in [0.5, 0.6) is 0 Å². The van der Waals surface area contributed by atoms with Gasteiger partial charge in [0.2, 0.25) is 5.91 Å². The third-order valence-corrected chi connectivity index (χ3v) is 2.63. The summed E-state index contributed by atoms with van der Waals surface area (Å²) in [5, 5.41) is 2.91. The summed E-state index contributed by atoms with van der Waals surface area (Å²) >= 11 is 0. The molecule has 0 atom stereocenters. The van der Waals surface area contributed by atoms with Crippen molar-refractivity contribution in [2.45, 2.75) is 54.0 Å². The lowest BCUT2D eigenvalue weighted by Crippen LogP contribution is -2.35. The molecular weight excluding hydrogens is 162 g/mol. The summed E-state index contributed by atoms with van der Waals surface area (Å²) in [4.78, 5) is 11.5. The third-order valence-electron chi connectivity index (χ3n) is 2.63. The monoisotopic (exact) mass is 185 g/mol. The van der Waals surface area contributed by atoms with E-state index in [1.807, 2.05) is 13.8 Å². The van der Waals surface area contributed by atoms with Gasteiger partial charge in [0.15, 0.2) is 0 Å². The van der Waals surface area contributed by atoms with Gasteiger partial charge in [-0.05, 0) is 25.2 Å². The Morgan fingerprint density at radius 2 is 1.69 bits per heavy atom. The van der Waals surface area contributed by atoms with Crippen LogP contribution in [0.25, 0.3) is 0 Å². The van der Waals surface area contributed by atoms with Gasteiger partial charge in [-0.3, -0.25) is 4.79 Å². The van der Waals surface area contributed by atoms with Gasteiger partial charge in [-0.15, -0.1) is 0 Å². The molecule has 2 nitrogen and oxygen atoms in total. The zero-order valence-electron chi connectivity index (χ0n) is 9.77. The van der Waals surface area contributed by atoms with Crippen molar-refractivity contribution in [2.24, 2.45) is 11.3 Å². The van der Waals surface area contributed by atoms with E-state index < -0.39 is 0 Å². The number of hydrogen-bond donors (Lipinski definition) is 1. The van der Waals surface area contributed by atoms with Crippen molar-refractivity contribution in [3.05, 3.63) is 0 Å². The molecule has 0 heterocycles. The van der Waals surface area contributed by atoms with Gasteiger partial charge in [-0.1, -0.05) is 27.7 Å². The van der Waals surface area contributed by atoms with E-state index in [-0.39, 0.29) is 17.4 Å². The van der Waals surface area contributed by atoms with Gasteiger partial charge in [0.25, 0.3) is 0 Å². The zero-order valence-corrected chi connectivity index (χ0v) is 9.77. The molecule has 2 heteroatoms. The first-order valence-corrected chi connectivity index (χ1v) is 5.05. The summed E-state index contributed by atoms with van der Waals surface area (Å²) in [5.41, 5.74) is 0.0962. The highest BCUT2D eigenvalue weighted by Gasteiger charge is 2.25. The molecule has 13 heavy (non-hydrogen) atoms. The number of carbonyl (C=O) groups is 1. The minimum atomic E-state index is 0.0962. The van der Waals surface area contributed by atoms with Crippen molar-refractivity contribution >= 4 is 5.91 Å². The summed E-state index contributed by atoms with van der Waals surface area (Å²) in [6.45, 7) is 12.6. The fraction of sp³-hybridized carbons (Fsp3) is 0.909. The zero-order chi connectivity index (χ0) is 10.6. The Morgan fingerprint density at radius 1 is 1.23 bits per heavy atom. The standard InChI is InChI=1S/C11H23NO/c1-8(2)11(5,6)7-10(13)12-9(3)4/h8-9H,7H2,1-6H3,(H,12,13). The van der Waals surface area contributed by atoms with E-state index in [4.69, 9.17) is 0 Å². The summed E-state index contributed by atoms with van der Waals surface area (Å²) in [6, 6.07) is 0.246. The fourth-order valence-electron chi connectivity index (χ4n) is 0.991. The lowest BCUT2D eigenvalue weighted by Gasteiger charge is -2.28. The van der Waals surface area contributed by atoms with Crippen LogP contribution in [0.3, 0.4) is 0 Å². The normalized spacial score (nSPS) is 12.3. The van der Waals surface area contributed by atoms with Crippen molar-refractivity contribution in [3.63, 3.8) is 0 Å². The summed E-state index contributed by atoms with van der Waals surface area (Å²) < 4.78 is 0. The number of rotatable bonds is 4. The molecular formula is C11H23NO. The van der Waals surface area contributed by atoms with E-state index in [9.17, 15) is 4.79 Å². The maximum atomic E-state index is 11.5. The van der Waals surface area contributed by atoms with Gasteiger partial charge in [0.1, 0.15) is 0 Å². The van der Waals surface area contributed by atoms with Crippen LogP contribution in [0.4, 0.5) is 0 Å². The largest absolute Gasteiger partial charge is 0.354 e. The van der Waals surface area contributed by atoms with Crippen molar-refractivity contribution in [3.8, 4) is 0 Å². The predicted octanol–water partition coefficient (Wildman–Crippen LogP) is 2.58. The Bertz CT molecular complexity index is 171. The molecule has 0 saturated carbocycles. The molecule has 0 aromatic rings. The minimum Gasteiger partial charge on any atom is -0.354 e. The molecule has 0 unspecified atom stereocenters. The van der Waals surface area contributed by atoms with Gasteiger partial charge in [-0.25, -0.2) is 0 Å². The molecule has 0 rings (SSSR count). The quantitative estimate of drug-likeness (QED) is 0.716. The number of hydrogen-bond acceptors (Lipinski definition) is 1. The van der Waals surface area contributed by atoms with E-state index in [1.165, 1.54) is 0 Å². The van der Waals surface area contributed by atoms with Crippen LogP contribution >= 0.6 is 0 Å². The molecule has 0 aromatic heterocycles. The van der Waals surface area contributed by atoms with Gasteiger partial charge in [0, 0.05) is 12.5 Å². The van der Waals surface area contributed by atoms with Crippen molar-refractivity contribution in [1.82, 2.24) is 5.32 Å². The van der Waals surface area contributed by atoms with Gasteiger partial charge in [0.05, 0.1) is 0 Å². The predicted molar refractivity (Wildman–Crippen MR) is 56.5 cm³/mol. The van der Waals surface area contributed by atoms with Crippen LogP contribution in [-0.4, -0.2) is 11.9 Å². The van der Waals surface area contributed by atoms with Crippen LogP contribution in [0.1, 0.15) is 48.0 Å². The molecule has 0 saturated heterocycles. The lowest BCUT2D eigenvalue weighted by atomic mass is 9.78. The minimum absolute atomic E-state index is 0.0962. The third kappa shape index (κ3) is 4.91. The van der Waals surface area contributed by atoms with E-state index in [0.717, 1.165) is 0 Å². The highest BCUT2D eigenvalue weighted by molar-refractivity contribution is 5.76. The second-order valence-electron chi connectivity index (χ2n) is 5.04. The van der Waals surface area contributed by atoms with Crippen LogP contribution in [0.15, 0.2) is 0 Å². The second kappa shape index (κ2) is 4.64. The average Bonchev–Trinajstić information content (AvgIpc) is 1.82. The molecule has 0 aromatic carbocycles. The van der Waals surface area contributed by atoms with Crippen molar-refractivity contribution in [2.75, 3.05) is 0 Å². The molecule has 0 spiro atoms. The molecule has 0 radical (unpaired) electrons. The first-order chi connectivity index (χ1) is 5.75. The lowest BCUT2D eigenvalue weighted by molar-refractivity contribution is -0.124. The van der Waals surface area contributed by atoms with Gasteiger partial charge >= 0.3 is 0 Å². The van der Waals surface area contributed by atoms with Crippen molar-refractivity contribution < 1.29 is 4.79 Å². The molecule has 0 aliphatic heterocycles. The van der Waals surface area contributed by atoms with E-state index >= 15 is 0 Å². The highest BCUT2D eigenvalue weighted by atomic mass is 16.1. The van der Waals surface area contributed by atoms with E-state index in [0.29, 0.717) is 12.3 Å². The van der Waals surface area contributed by atoms with Crippen molar-refractivity contribution in [1.29, 1.82) is 0 Å². The second-order valence-corrected chi connectivity index (χ2v) is 5.04. The summed E-state index contributed by atoms with van der Waals surface area (Å²) in [6.07, 6.45) is 0.614. The first kappa shape index (κ1) is 12.5. The maximum absolute atomic E-state index is 11.5. The average molecular weight is 185 g/mol. The van der Waals surface area contributed by atoms with Crippen LogP contribution in [-0.2, 0) is 4.79 Å². The van der Waals surface area contributed by atoms with Crippen LogP contribution < -0.4 is 5.32 Å². The molecule has 0 aliphatic rings. The number of carbonyl (C=O) groups excluding carboxylic acids is 1. The first-order valence-electron chi connectivity index (χ1n) is 5.05. The fourth-order valence-corrected chi connectivity index (χ4v) is 0.991. The molecule has 0 fully saturated rings. The maximum Gasteiger partial charge on any atom is 0.220 e. The Balaban J connectivity index is 4.05. The topological polar surface area (TPSA) is 29.1 Å². The van der Waals surface area contributed by atoms with E-state index in [2.05, 4.69) is 33.0 Å². The Morgan fingerprint density at radius 3 is 2.00 bits per heavy atom. The molecule has 0 aliphatic carbocycles. The summed E-state index contributed by atoms with van der Waals surface area (Å²) in [5.74, 6) is 0.694. The Kier molecular flexibility index (Phi) is 4.45. The van der Waals surface area contributed by atoms with Crippen LogP contribution in [0, 0.1) is 11.3 Å². The Hall–Kier alpha value is -0.530. The number of nitrogens with one attached hydrogen (secondary N) is 1. The molecule has 0 bridgehead atoms. The molecule has 1 amide bonds. The summed E-state index contributed by atoms with van der Waals surface area (Å²) in [7, 11) is 0. The Labute approximate surface area is 82.1 Å². The SMILES string of the molecule is CC(C)NC(=O)CC(C)(C)C(C)C. The van der Waals surface area contributed by atoms with Gasteiger partial charge < -0.3 is 5.32 Å². The highest BCUT2D eigenvalue weighted by Crippen LogP contribution is 2.29. The molecule has 1 N–H and O–H groups in total. The smallest absolute Gasteiger partial charge is 0.220 e. The molecule has 78 valence electrons. The number of amides is 1. The van der Waals surface area contributed by atoms with Crippen LogP contribution in [0.2, 0.25) is 0 Å². The van der Waals surface area contributed by atoms with Gasteiger partial charge in [-0.2, -0.15) is 0 Å². The van der Waals surface area contributed by atoms with E-state index in [1.54, 1.807) is 0 Å².